The van der Waals surface area contributed by atoms with Crippen LogP contribution in [0, 0.1) is 0 Å². The summed E-state index contributed by atoms with van der Waals surface area (Å²) in [6, 6.07) is 5.18. The predicted molar refractivity (Wildman–Crippen MR) is 77.3 cm³/mol. The van der Waals surface area contributed by atoms with Crippen molar-refractivity contribution in [3.05, 3.63) is 29.3 Å². The lowest BCUT2D eigenvalue weighted by Gasteiger charge is -2.24. The number of hydrogen-bond donors (Lipinski definition) is 1. The maximum atomic E-state index is 12.1. The number of aromatic hydroxyl groups is 1. The largest absolute Gasteiger partial charge is 0.507 e. The number of carbonyl (C=O) groups excluding carboxylic acids is 1. The van der Waals surface area contributed by atoms with Crippen molar-refractivity contribution >= 4 is 16.7 Å². The molecule has 1 aliphatic rings. The van der Waals surface area contributed by atoms with Crippen LogP contribution in [0.15, 0.2) is 18.2 Å². The van der Waals surface area contributed by atoms with Crippen LogP contribution < -0.4 is 9.47 Å². The zero-order chi connectivity index (χ0) is 15.1. The Balaban J connectivity index is 2.38. The van der Waals surface area contributed by atoms with Crippen molar-refractivity contribution in [2.24, 2.45) is 0 Å². The van der Waals surface area contributed by atoms with Crippen molar-refractivity contribution in [1.29, 1.82) is 0 Å². The van der Waals surface area contributed by atoms with E-state index in [1.807, 2.05) is 19.1 Å². The van der Waals surface area contributed by atoms with Gasteiger partial charge < -0.3 is 19.3 Å². The summed E-state index contributed by atoms with van der Waals surface area (Å²) in [5.74, 6) is 0.487. The Hall–Kier alpha value is -2.43. The Bertz CT molecular complexity index is 735. The van der Waals surface area contributed by atoms with Gasteiger partial charge >= 0.3 is 5.97 Å². The molecule has 1 atom stereocenters. The third-order valence-electron chi connectivity index (χ3n) is 3.69. The lowest BCUT2D eigenvalue weighted by atomic mass is 9.93. The van der Waals surface area contributed by atoms with Gasteiger partial charge in [0.25, 0.3) is 0 Å². The molecule has 5 heteroatoms. The predicted octanol–water partition coefficient (Wildman–Crippen LogP) is 2.66. The van der Waals surface area contributed by atoms with Crippen molar-refractivity contribution in [3.63, 3.8) is 0 Å². The number of phenolic OH excluding ortho intramolecular Hbond substituents is 1. The highest BCUT2D eigenvalue weighted by Gasteiger charge is 2.29. The Morgan fingerprint density at radius 2 is 2.00 bits per heavy atom. The van der Waals surface area contributed by atoms with E-state index in [1.54, 1.807) is 0 Å². The van der Waals surface area contributed by atoms with Gasteiger partial charge in [0.15, 0.2) is 0 Å². The van der Waals surface area contributed by atoms with E-state index in [1.165, 1.54) is 20.3 Å². The number of phenols is 1. The number of methoxy groups -OCH3 is 2. The zero-order valence-corrected chi connectivity index (χ0v) is 12.1. The van der Waals surface area contributed by atoms with E-state index in [-0.39, 0.29) is 11.9 Å². The molecule has 0 saturated carbocycles. The molecule has 0 radical (unpaired) electrons. The third-order valence-corrected chi connectivity index (χ3v) is 3.69. The van der Waals surface area contributed by atoms with Gasteiger partial charge in [-0.3, -0.25) is 0 Å². The Morgan fingerprint density at radius 3 is 2.67 bits per heavy atom. The molecule has 0 unspecified atom stereocenters. The average Bonchev–Trinajstić information content (AvgIpc) is 2.44. The maximum Gasteiger partial charge on any atom is 0.342 e. The molecule has 1 heterocycles. The summed E-state index contributed by atoms with van der Waals surface area (Å²) >= 11 is 0. The van der Waals surface area contributed by atoms with E-state index < -0.39 is 5.97 Å². The molecule has 5 nitrogen and oxygen atoms in total. The van der Waals surface area contributed by atoms with Crippen LogP contribution in [-0.2, 0) is 11.2 Å². The highest BCUT2D eigenvalue weighted by Crippen LogP contribution is 2.42. The summed E-state index contributed by atoms with van der Waals surface area (Å²) in [6.07, 6.45) is 0.442. The van der Waals surface area contributed by atoms with E-state index in [2.05, 4.69) is 0 Å². The second kappa shape index (κ2) is 4.84. The number of hydrogen-bond acceptors (Lipinski definition) is 5. The van der Waals surface area contributed by atoms with Crippen LogP contribution >= 0.6 is 0 Å². The molecule has 0 aromatic heterocycles. The fourth-order valence-electron chi connectivity index (χ4n) is 2.81. The molecule has 0 spiro atoms. The molecule has 1 aliphatic heterocycles. The van der Waals surface area contributed by atoms with Gasteiger partial charge in [-0.2, -0.15) is 0 Å². The van der Waals surface area contributed by atoms with E-state index in [4.69, 9.17) is 14.2 Å². The van der Waals surface area contributed by atoms with Crippen molar-refractivity contribution in [1.82, 2.24) is 0 Å². The van der Waals surface area contributed by atoms with E-state index in [0.29, 0.717) is 28.9 Å². The molecule has 2 aromatic carbocycles. The Labute approximate surface area is 122 Å². The number of esters is 1. The van der Waals surface area contributed by atoms with Gasteiger partial charge in [0.05, 0.1) is 19.6 Å². The van der Waals surface area contributed by atoms with E-state index in [9.17, 15) is 9.90 Å². The number of rotatable bonds is 2. The SMILES string of the molecule is COc1cc(O)c2c(OC)c3c(cc2c1)C[C@@H](C)OC3=O. The van der Waals surface area contributed by atoms with Crippen LogP contribution in [0.5, 0.6) is 17.2 Å². The second-order valence-corrected chi connectivity index (χ2v) is 5.11. The van der Waals surface area contributed by atoms with Crippen molar-refractivity contribution in [3.8, 4) is 17.2 Å². The van der Waals surface area contributed by atoms with Gasteiger partial charge in [0, 0.05) is 12.5 Å². The fourth-order valence-corrected chi connectivity index (χ4v) is 2.81. The summed E-state index contributed by atoms with van der Waals surface area (Å²) in [5.41, 5.74) is 1.25. The fraction of sp³-hybridized carbons (Fsp3) is 0.312. The first-order valence-corrected chi connectivity index (χ1v) is 6.66. The minimum atomic E-state index is -0.419. The summed E-state index contributed by atoms with van der Waals surface area (Å²) in [4.78, 5) is 12.1. The van der Waals surface area contributed by atoms with Crippen LogP contribution in [0.1, 0.15) is 22.8 Å². The molecular formula is C16H16O5. The second-order valence-electron chi connectivity index (χ2n) is 5.11. The average molecular weight is 288 g/mol. The van der Waals surface area contributed by atoms with Crippen LogP contribution in [-0.4, -0.2) is 31.4 Å². The molecule has 1 N–H and O–H groups in total. The van der Waals surface area contributed by atoms with Crippen LogP contribution in [0.2, 0.25) is 0 Å². The van der Waals surface area contributed by atoms with E-state index >= 15 is 0 Å². The molecule has 110 valence electrons. The number of cyclic esters (lactones) is 1. The van der Waals surface area contributed by atoms with E-state index in [0.717, 1.165) is 10.9 Å². The number of ether oxygens (including phenoxy) is 3. The zero-order valence-electron chi connectivity index (χ0n) is 12.1. The highest BCUT2D eigenvalue weighted by molar-refractivity contribution is 6.06. The van der Waals surface area contributed by atoms with Crippen molar-refractivity contribution < 1.29 is 24.1 Å². The molecule has 0 fully saturated rings. The van der Waals surface area contributed by atoms with Crippen LogP contribution in [0.4, 0.5) is 0 Å². The van der Waals surface area contributed by atoms with Crippen molar-refractivity contribution in [2.45, 2.75) is 19.4 Å². The topological polar surface area (TPSA) is 65.0 Å². The van der Waals surface area contributed by atoms with Gasteiger partial charge in [-0.1, -0.05) is 0 Å². The molecule has 2 aromatic rings. The summed E-state index contributed by atoms with van der Waals surface area (Å²) in [5, 5.41) is 11.5. The molecule has 0 aliphatic carbocycles. The van der Waals surface area contributed by atoms with Crippen LogP contribution in [0.3, 0.4) is 0 Å². The molecule has 3 rings (SSSR count). The molecular weight excluding hydrogens is 272 g/mol. The van der Waals surface area contributed by atoms with Crippen molar-refractivity contribution in [2.75, 3.05) is 14.2 Å². The van der Waals surface area contributed by atoms with Gasteiger partial charge in [-0.05, 0) is 30.0 Å². The molecule has 21 heavy (non-hydrogen) atoms. The number of benzene rings is 2. The maximum absolute atomic E-state index is 12.1. The molecule has 0 bridgehead atoms. The standard InChI is InChI=1S/C16H16O5/c1-8-4-9-5-10-6-11(19-2)7-12(17)13(10)15(20-3)14(9)16(18)21-8/h5-8,17H,4H2,1-3H3/t8-/m1/s1. The number of carbonyl (C=O) groups is 1. The minimum absolute atomic E-state index is 0.00965. The highest BCUT2D eigenvalue weighted by atomic mass is 16.5. The summed E-state index contributed by atoms with van der Waals surface area (Å²) < 4.78 is 15.8. The molecule has 0 amide bonds. The minimum Gasteiger partial charge on any atom is -0.507 e. The number of fused-ring (bicyclic) bond motifs is 2. The molecule has 0 saturated heterocycles. The van der Waals surface area contributed by atoms with Gasteiger partial charge in [-0.15, -0.1) is 0 Å². The monoisotopic (exact) mass is 288 g/mol. The normalized spacial score (nSPS) is 17.3. The quantitative estimate of drug-likeness (QED) is 0.861. The van der Waals surface area contributed by atoms with Gasteiger partial charge in [0.1, 0.15) is 28.9 Å². The van der Waals surface area contributed by atoms with Gasteiger partial charge in [0.2, 0.25) is 0 Å². The first-order valence-electron chi connectivity index (χ1n) is 6.66. The summed E-state index contributed by atoms with van der Waals surface area (Å²) in [6.45, 7) is 1.85. The summed E-state index contributed by atoms with van der Waals surface area (Å²) in [7, 11) is 3.01. The Kier molecular flexibility index (Phi) is 3.12. The third kappa shape index (κ3) is 2.05. The first kappa shape index (κ1) is 13.5. The lowest BCUT2D eigenvalue weighted by Crippen LogP contribution is -2.25. The first-order chi connectivity index (χ1) is 10.0. The van der Waals surface area contributed by atoms with Gasteiger partial charge in [-0.25, -0.2) is 4.79 Å². The lowest BCUT2D eigenvalue weighted by molar-refractivity contribution is 0.0297. The van der Waals surface area contributed by atoms with Crippen LogP contribution in [0.25, 0.3) is 10.8 Å². The Morgan fingerprint density at radius 1 is 1.24 bits per heavy atom. The smallest absolute Gasteiger partial charge is 0.342 e.